The van der Waals surface area contributed by atoms with Crippen LogP contribution >= 0.6 is 0 Å². The molecular weight excluding hydrogens is 372 g/mol. The summed E-state index contributed by atoms with van der Waals surface area (Å²) in [7, 11) is 0. The van der Waals surface area contributed by atoms with E-state index in [9.17, 15) is 9.59 Å². The maximum absolute atomic E-state index is 13.4. The first-order chi connectivity index (χ1) is 14.5. The maximum Gasteiger partial charge on any atom is 0.226 e. The predicted octanol–water partition coefficient (Wildman–Crippen LogP) is 4.18. The second-order valence-corrected chi connectivity index (χ2v) is 13.1. The highest BCUT2D eigenvalue weighted by atomic mass is 16.2. The van der Waals surface area contributed by atoms with E-state index in [1.165, 1.54) is 38.5 Å². The van der Waals surface area contributed by atoms with Gasteiger partial charge in [-0.15, -0.1) is 0 Å². The van der Waals surface area contributed by atoms with Gasteiger partial charge in [0.2, 0.25) is 11.8 Å². The van der Waals surface area contributed by atoms with Crippen molar-refractivity contribution in [2.45, 2.75) is 102 Å². The second-order valence-electron chi connectivity index (χ2n) is 13.1. The van der Waals surface area contributed by atoms with Crippen molar-refractivity contribution in [3.63, 3.8) is 0 Å². The number of hydrogen-bond acceptors (Lipinski definition) is 2. The van der Waals surface area contributed by atoms with Crippen LogP contribution in [0.15, 0.2) is 0 Å². The first-order valence-electron chi connectivity index (χ1n) is 13.1. The van der Waals surface area contributed by atoms with Gasteiger partial charge in [-0.25, -0.2) is 0 Å². The Balaban J connectivity index is 1.01. The first kappa shape index (κ1) is 18.5. The quantitative estimate of drug-likeness (QED) is 0.730. The monoisotopic (exact) mass is 410 g/mol. The fourth-order valence-electron chi connectivity index (χ4n) is 10.3. The minimum Gasteiger partial charge on any atom is -0.351 e. The largest absolute Gasteiger partial charge is 0.351 e. The standard InChI is InChI=1S/C26H38N2O2/c29-23(25-9-15-3-16(10-25)5-17(4-15)11-25)27-21-1-2-22(21)28-24(30)26-12-18-6-19(13-26)8-20(7-18)14-26/h15-22H,1-14H2,(H,27,29)(H,28,30). The van der Waals surface area contributed by atoms with Crippen LogP contribution in [0.5, 0.6) is 0 Å². The molecule has 0 aromatic heterocycles. The van der Waals surface area contributed by atoms with E-state index in [4.69, 9.17) is 0 Å². The molecule has 0 aromatic carbocycles. The molecule has 2 unspecified atom stereocenters. The summed E-state index contributed by atoms with van der Waals surface area (Å²) in [6.45, 7) is 0. The zero-order valence-electron chi connectivity index (χ0n) is 18.3. The molecule has 9 aliphatic rings. The van der Waals surface area contributed by atoms with Crippen LogP contribution in [0.1, 0.15) is 89.9 Å². The fourth-order valence-corrected chi connectivity index (χ4v) is 10.3. The van der Waals surface area contributed by atoms with Gasteiger partial charge in [-0.05, 0) is 125 Å². The number of nitrogens with one attached hydrogen (secondary N) is 2. The molecule has 9 fully saturated rings. The van der Waals surface area contributed by atoms with Crippen molar-refractivity contribution in [3.05, 3.63) is 0 Å². The fraction of sp³-hybridized carbons (Fsp3) is 0.923. The molecule has 0 saturated heterocycles. The third-order valence-corrected chi connectivity index (χ3v) is 10.9. The van der Waals surface area contributed by atoms with Crippen molar-refractivity contribution >= 4 is 11.8 Å². The molecule has 0 spiro atoms. The second kappa shape index (κ2) is 6.25. The summed E-state index contributed by atoms with van der Waals surface area (Å²) in [5.74, 6) is 5.47. The first-order valence-corrected chi connectivity index (χ1v) is 13.1. The minimum atomic E-state index is -0.0706. The van der Waals surface area contributed by atoms with Crippen LogP contribution < -0.4 is 10.6 Å². The molecule has 164 valence electrons. The van der Waals surface area contributed by atoms with Gasteiger partial charge >= 0.3 is 0 Å². The number of hydrogen-bond donors (Lipinski definition) is 2. The Morgan fingerprint density at radius 3 is 1.00 bits per heavy atom. The van der Waals surface area contributed by atoms with Crippen molar-refractivity contribution in [3.8, 4) is 0 Å². The molecule has 2 N–H and O–H groups in total. The third-order valence-electron chi connectivity index (χ3n) is 10.9. The molecule has 9 rings (SSSR count). The normalized spacial score (nSPS) is 54.7. The lowest BCUT2D eigenvalue weighted by atomic mass is 9.49. The number of carbonyl (C=O) groups excluding carboxylic acids is 2. The highest BCUT2D eigenvalue weighted by Crippen LogP contribution is 2.61. The molecule has 4 heteroatoms. The number of amides is 2. The molecule has 9 aliphatic carbocycles. The Morgan fingerprint density at radius 1 is 0.500 bits per heavy atom. The predicted molar refractivity (Wildman–Crippen MR) is 114 cm³/mol. The van der Waals surface area contributed by atoms with Gasteiger partial charge < -0.3 is 10.6 Å². The summed E-state index contributed by atoms with van der Waals surface area (Å²) in [5, 5.41) is 6.90. The van der Waals surface area contributed by atoms with E-state index in [1.807, 2.05) is 0 Å². The van der Waals surface area contributed by atoms with Gasteiger partial charge in [-0.3, -0.25) is 9.59 Å². The topological polar surface area (TPSA) is 58.2 Å². The summed E-state index contributed by atoms with van der Waals surface area (Å²) in [6, 6.07) is 0.340. The lowest BCUT2D eigenvalue weighted by molar-refractivity contribution is -0.151. The maximum atomic E-state index is 13.4. The smallest absolute Gasteiger partial charge is 0.226 e. The van der Waals surface area contributed by atoms with Crippen LogP contribution in [-0.2, 0) is 9.59 Å². The Bertz CT molecular complexity index is 638. The van der Waals surface area contributed by atoms with E-state index >= 15 is 0 Å². The summed E-state index contributed by atoms with van der Waals surface area (Å²) in [4.78, 5) is 26.9. The molecule has 30 heavy (non-hydrogen) atoms. The summed E-state index contributed by atoms with van der Waals surface area (Å²) in [6.07, 6.45) is 17.1. The molecule has 2 atom stereocenters. The zero-order chi connectivity index (χ0) is 20.1. The summed E-state index contributed by atoms with van der Waals surface area (Å²) >= 11 is 0. The van der Waals surface area contributed by atoms with Crippen LogP contribution in [0.2, 0.25) is 0 Å². The minimum absolute atomic E-state index is 0.0706. The van der Waals surface area contributed by atoms with Gasteiger partial charge in [0, 0.05) is 22.9 Å². The Kier molecular flexibility index (Phi) is 3.86. The number of rotatable bonds is 4. The molecule has 0 aromatic rings. The van der Waals surface area contributed by atoms with Crippen molar-refractivity contribution in [1.29, 1.82) is 0 Å². The molecule has 2 amide bonds. The van der Waals surface area contributed by atoms with Gasteiger partial charge in [0.05, 0.1) is 0 Å². The average Bonchev–Trinajstić information content (AvgIpc) is 2.67. The lowest BCUT2D eigenvalue weighted by Gasteiger charge is -2.57. The molecule has 0 heterocycles. The molecule has 0 aliphatic heterocycles. The zero-order valence-corrected chi connectivity index (χ0v) is 18.3. The van der Waals surface area contributed by atoms with Crippen LogP contribution in [0.25, 0.3) is 0 Å². The third kappa shape index (κ3) is 2.70. The molecular formula is C26H38N2O2. The molecule has 8 bridgehead atoms. The van der Waals surface area contributed by atoms with E-state index in [-0.39, 0.29) is 22.9 Å². The van der Waals surface area contributed by atoms with Crippen LogP contribution in [0, 0.1) is 46.3 Å². The highest BCUT2D eigenvalue weighted by Gasteiger charge is 2.57. The Morgan fingerprint density at radius 2 is 0.767 bits per heavy atom. The SMILES string of the molecule is O=C(NC1CCC1NC(=O)C12CC3CC(CC(C3)C1)C2)C12CC3CC(CC(C3)C1)C2. The van der Waals surface area contributed by atoms with Gasteiger partial charge in [-0.2, -0.15) is 0 Å². The van der Waals surface area contributed by atoms with Crippen LogP contribution in [0.4, 0.5) is 0 Å². The summed E-state index contributed by atoms with van der Waals surface area (Å²) in [5.41, 5.74) is -0.141. The van der Waals surface area contributed by atoms with E-state index in [2.05, 4.69) is 10.6 Å². The Labute approximate surface area is 180 Å². The lowest BCUT2D eigenvalue weighted by Crippen LogP contribution is -2.64. The average molecular weight is 411 g/mol. The van der Waals surface area contributed by atoms with Crippen LogP contribution in [0.3, 0.4) is 0 Å². The van der Waals surface area contributed by atoms with E-state index in [0.29, 0.717) is 11.8 Å². The van der Waals surface area contributed by atoms with Crippen molar-refractivity contribution in [1.82, 2.24) is 10.6 Å². The van der Waals surface area contributed by atoms with Gasteiger partial charge in [-0.1, -0.05) is 0 Å². The van der Waals surface area contributed by atoms with E-state index < -0.39 is 0 Å². The molecule has 0 radical (unpaired) electrons. The van der Waals surface area contributed by atoms with Gasteiger partial charge in [0.1, 0.15) is 0 Å². The van der Waals surface area contributed by atoms with Crippen LogP contribution in [-0.4, -0.2) is 23.9 Å². The summed E-state index contributed by atoms with van der Waals surface area (Å²) < 4.78 is 0. The van der Waals surface area contributed by atoms with E-state index in [0.717, 1.165) is 86.9 Å². The van der Waals surface area contributed by atoms with Crippen molar-refractivity contribution in [2.24, 2.45) is 46.3 Å². The molecule has 9 saturated carbocycles. The number of carbonyl (C=O) groups is 2. The Hall–Kier alpha value is -1.06. The molecule has 4 nitrogen and oxygen atoms in total. The highest BCUT2D eigenvalue weighted by molar-refractivity contribution is 5.85. The van der Waals surface area contributed by atoms with Crippen molar-refractivity contribution < 1.29 is 9.59 Å². The van der Waals surface area contributed by atoms with Gasteiger partial charge in [0.15, 0.2) is 0 Å². The van der Waals surface area contributed by atoms with Gasteiger partial charge in [0.25, 0.3) is 0 Å². The van der Waals surface area contributed by atoms with Crippen molar-refractivity contribution in [2.75, 3.05) is 0 Å². The van der Waals surface area contributed by atoms with E-state index in [1.54, 1.807) is 0 Å².